The Labute approximate surface area is 188 Å². The van der Waals surface area contributed by atoms with Gasteiger partial charge in [-0.25, -0.2) is 0 Å². The number of nitrogens with zero attached hydrogens (tertiary/aromatic N) is 4. The Hall–Kier alpha value is -3.29. The van der Waals surface area contributed by atoms with Gasteiger partial charge in [0.2, 0.25) is 0 Å². The van der Waals surface area contributed by atoms with E-state index in [-0.39, 0.29) is 23.1 Å². The van der Waals surface area contributed by atoms with Crippen LogP contribution in [0, 0.1) is 17.0 Å². The molecule has 2 fully saturated rings. The second kappa shape index (κ2) is 9.89. The molecule has 8 heteroatoms. The number of carbonyl (C=O) groups excluding carboxylic acids is 1. The number of anilines is 2. The topological polar surface area (TPSA) is 79.2 Å². The van der Waals surface area contributed by atoms with Crippen LogP contribution in [0.25, 0.3) is 0 Å². The average Bonchev–Trinajstić information content (AvgIpc) is 2.83. The summed E-state index contributed by atoms with van der Waals surface area (Å²) in [6.07, 6.45) is 3.30. The van der Waals surface area contributed by atoms with Crippen molar-refractivity contribution in [3.05, 3.63) is 58.1 Å². The van der Waals surface area contributed by atoms with Crippen molar-refractivity contribution in [3.8, 4) is 5.75 Å². The van der Waals surface area contributed by atoms with Crippen LogP contribution in [0.5, 0.6) is 5.75 Å². The second-order valence-corrected chi connectivity index (χ2v) is 8.45. The first-order valence-corrected chi connectivity index (χ1v) is 11.3. The highest BCUT2D eigenvalue weighted by molar-refractivity contribution is 5.78. The van der Waals surface area contributed by atoms with Gasteiger partial charge in [0.25, 0.3) is 11.6 Å². The molecule has 4 rings (SSSR count). The smallest absolute Gasteiger partial charge is 0.292 e. The van der Waals surface area contributed by atoms with E-state index in [0.29, 0.717) is 37.6 Å². The number of nitro benzene ring substituents is 1. The first-order valence-electron chi connectivity index (χ1n) is 11.3. The molecule has 0 radical (unpaired) electrons. The number of piperazine rings is 1. The molecule has 2 aliphatic rings. The summed E-state index contributed by atoms with van der Waals surface area (Å²) >= 11 is 0. The summed E-state index contributed by atoms with van der Waals surface area (Å²) in [6.45, 7) is 6.33. The number of aryl methyl sites for hydroxylation is 1. The third kappa shape index (κ3) is 5.12. The van der Waals surface area contributed by atoms with Crippen LogP contribution in [0.3, 0.4) is 0 Å². The summed E-state index contributed by atoms with van der Waals surface area (Å²) in [4.78, 5) is 30.0. The number of rotatable bonds is 6. The predicted octanol–water partition coefficient (Wildman–Crippen LogP) is 3.62. The van der Waals surface area contributed by atoms with Gasteiger partial charge in [0.05, 0.1) is 4.92 Å². The fraction of sp³-hybridized carbons (Fsp3) is 0.458. The van der Waals surface area contributed by atoms with Crippen LogP contribution in [0.15, 0.2) is 42.5 Å². The fourth-order valence-corrected chi connectivity index (χ4v) is 4.34. The van der Waals surface area contributed by atoms with Gasteiger partial charge >= 0.3 is 0 Å². The molecule has 0 bridgehead atoms. The van der Waals surface area contributed by atoms with Crippen LogP contribution in [0.4, 0.5) is 17.1 Å². The molecule has 0 aliphatic carbocycles. The van der Waals surface area contributed by atoms with E-state index >= 15 is 0 Å². The molecule has 0 saturated carbocycles. The van der Waals surface area contributed by atoms with Gasteiger partial charge in [0.15, 0.2) is 6.61 Å². The predicted molar refractivity (Wildman–Crippen MR) is 125 cm³/mol. The normalized spacial score (nSPS) is 16.7. The van der Waals surface area contributed by atoms with Gasteiger partial charge in [-0.3, -0.25) is 14.9 Å². The Balaban J connectivity index is 1.36. The Morgan fingerprint density at radius 1 is 0.938 bits per heavy atom. The number of benzene rings is 2. The number of carbonyl (C=O) groups is 1. The number of hydrogen-bond donors (Lipinski definition) is 0. The lowest BCUT2D eigenvalue weighted by molar-refractivity contribution is -0.384. The van der Waals surface area contributed by atoms with Crippen molar-refractivity contribution in [2.24, 2.45) is 0 Å². The zero-order valence-electron chi connectivity index (χ0n) is 18.5. The van der Waals surface area contributed by atoms with E-state index in [9.17, 15) is 14.9 Å². The van der Waals surface area contributed by atoms with E-state index in [1.807, 2.05) is 48.2 Å². The number of nitro groups is 1. The summed E-state index contributed by atoms with van der Waals surface area (Å²) in [7, 11) is 0. The van der Waals surface area contributed by atoms with E-state index in [2.05, 4.69) is 9.80 Å². The molecule has 0 unspecified atom stereocenters. The summed E-state index contributed by atoms with van der Waals surface area (Å²) < 4.78 is 5.63. The molecule has 0 atom stereocenters. The van der Waals surface area contributed by atoms with Gasteiger partial charge in [0.1, 0.15) is 11.4 Å². The molecule has 0 aromatic heterocycles. The van der Waals surface area contributed by atoms with Gasteiger partial charge < -0.3 is 19.4 Å². The van der Waals surface area contributed by atoms with Gasteiger partial charge in [-0.05, 0) is 50.5 Å². The van der Waals surface area contributed by atoms with E-state index in [1.165, 1.54) is 6.42 Å². The molecule has 0 N–H and O–H groups in total. The molecule has 2 aromatic carbocycles. The zero-order chi connectivity index (χ0) is 22.5. The lowest BCUT2D eigenvalue weighted by atomic mass is 10.1. The van der Waals surface area contributed by atoms with Crippen molar-refractivity contribution >= 4 is 23.0 Å². The summed E-state index contributed by atoms with van der Waals surface area (Å²) in [5.74, 6) is 0.668. The highest BCUT2D eigenvalue weighted by atomic mass is 16.6. The molecule has 2 aliphatic heterocycles. The number of piperidine rings is 1. The zero-order valence-corrected chi connectivity index (χ0v) is 18.5. The van der Waals surface area contributed by atoms with E-state index < -0.39 is 0 Å². The monoisotopic (exact) mass is 438 g/mol. The third-order valence-electron chi connectivity index (χ3n) is 6.23. The van der Waals surface area contributed by atoms with Crippen molar-refractivity contribution in [1.29, 1.82) is 0 Å². The molecule has 32 heavy (non-hydrogen) atoms. The lowest BCUT2D eigenvalue weighted by Gasteiger charge is -2.36. The van der Waals surface area contributed by atoms with Crippen LogP contribution in [0.2, 0.25) is 0 Å². The van der Waals surface area contributed by atoms with Crippen LogP contribution >= 0.6 is 0 Å². The Morgan fingerprint density at radius 2 is 1.62 bits per heavy atom. The van der Waals surface area contributed by atoms with Gasteiger partial charge in [-0.1, -0.05) is 17.7 Å². The molecule has 1 amide bonds. The van der Waals surface area contributed by atoms with Gasteiger partial charge in [0, 0.05) is 51.0 Å². The molecule has 0 spiro atoms. The minimum Gasteiger partial charge on any atom is -0.484 e. The number of ether oxygens (including phenoxy) is 1. The summed E-state index contributed by atoms with van der Waals surface area (Å²) in [6, 6.07) is 13.0. The Bertz CT molecular complexity index is 949. The highest BCUT2D eigenvalue weighted by Gasteiger charge is 2.25. The maximum absolute atomic E-state index is 12.6. The molecule has 2 heterocycles. The first kappa shape index (κ1) is 21.9. The standard InChI is InChI=1S/C24H30N4O4/c1-19-5-8-21(9-6-19)32-18-24(29)27-15-13-25(14-16-27)20-7-10-22(28(30)31)23(17-20)26-11-3-2-4-12-26/h5-10,17H,2-4,11-16,18H2,1H3. The molecule has 8 nitrogen and oxygen atoms in total. The average molecular weight is 439 g/mol. The highest BCUT2D eigenvalue weighted by Crippen LogP contribution is 2.34. The Kier molecular flexibility index (Phi) is 6.78. The first-order chi connectivity index (χ1) is 15.5. The molecule has 170 valence electrons. The van der Waals surface area contributed by atoms with Gasteiger partial charge in [-0.2, -0.15) is 0 Å². The van der Waals surface area contributed by atoms with Crippen molar-refractivity contribution < 1.29 is 14.5 Å². The van der Waals surface area contributed by atoms with Crippen LogP contribution in [0.1, 0.15) is 24.8 Å². The van der Waals surface area contributed by atoms with Crippen LogP contribution in [-0.4, -0.2) is 61.6 Å². The molecule has 2 aromatic rings. The van der Waals surface area contributed by atoms with E-state index in [0.717, 1.165) is 37.2 Å². The number of hydrogen-bond acceptors (Lipinski definition) is 6. The fourth-order valence-electron chi connectivity index (χ4n) is 4.34. The quantitative estimate of drug-likeness (QED) is 0.506. The Morgan fingerprint density at radius 3 is 2.28 bits per heavy atom. The minimum atomic E-state index is -0.293. The SMILES string of the molecule is Cc1ccc(OCC(=O)N2CCN(c3ccc([N+](=O)[O-])c(N4CCCCC4)c3)CC2)cc1. The van der Waals surface area contributed by atoms with E-state index in [1.54, 1.807) is 6.07 Å². The summed E-state index contributed by atoms with van der Waals surface area (Å²) in [5, 5.41) is 11.6. The molecular weight excluding hydrogens is 408 g/mol. The molecular formula is C24H30N4O4. The van der Waals surface area contributed by atoms with E-state index in [4.69, 9.17) is 4.74 Å². The third-order valence-corrected chi connectivity index (χ3v) is 6.23. The van der Waals surface area contributed by atoms with Crippen molar-refractivity contribution in [2.45, 2.75) is 26.2 Å². The lowest BCUT2D eigenvalue weighted by Crippen LogP contribution is -2.50. The number of amides is 1. The van der Waals surface area contributed by atoms with Crippen molar-refractivity contribution in [2.75, 3.05) is 55.7 Å². The second-order valence-electron chi connectivity index (χ2n) is 8.45. The van der Waals surface area contributed by atoms with Gasteiger partial charge in [-0.15, -0.1) is 0 Å². The van der Waals surface area contributed by atoms with Crippen LogP contribution in [-0.2, 0) is 4.79 Å². The summed E-state index contributed by atoms with van der Waals surface area (Å²) in [5.41, 5.74) is 2.99. The minimum absolute atomic E-state index is 0.0251. The van der Waals surface area contributed by atoms with Crippen LogP contribution < -0.4 is 14.5 Å². The largest absolute Gasteiger partial charge is 0.484 e. The maximum Gasteiger partial charge on any atom is 0.292 e. The van der Waals surface area contributed by atoms with Crippen molar-refractivity contribution in [1.82, 2.24) is 4.90 Å². The maximum atomic E-state index is 12.6. The molecule has 2 saturated heterocycles. The van der Waals surface area contributed by atoms with Crippen molar-refractivity contribution in [3.63, 3.8) is 0 Å².